The molecule has 0 aromatic heterocycles. The molecule has 176 valence electrons. The molecule has 1 N–H and O–H groups in total. The summed E-state index contributed by atoms with van der Waals surface area (Å²) in [6.07, 6.45) is 4.17. The molecule has 0 bridgehead atoms. The van der Waals surface area contributed by atoms with E-state index in [0.29, 0.717) is 18.1 Å². The lowest BCUT2D eigenvalue weighted by molar-refractivity contribution is -0.138. The van der Waals surface area contributed by atoms with Crippen LogP contribution in [0.15, 0.2) is 59.7 Å². The fourth-order valence-electron chi connectivity index (χ4n) is 5.85. The van der Waals surface area contributed by atoms with Crippen LogP contribution in [0, 0.1) is 17.8 Å². The van der Waals surface area contributed by atoms with E-state index in [0.717, 1.165) is 29.5 Å². The van der Waals surface area contributed by atoms with Crippen molar-refractivity contribution in [1.29, 1.82) is 0 Å². The molecule has 2 saturated heterocycles. The van der Waals surface area contributed by atoms with Gasteiger partial charge in [-0.2, -0.15) is 0 Å². The predicted octanol–water partition coefficient (Wildman–Crippen LogP) is 5.33. The van der Waals surface area contributed by atoms with Crippen molar-refractivity contribution in [3.8, 4) is 5.75 Å². The van der Waals surface area contributed by atoms with E-state index in [2.05, 4.69) is 25.1 Å². The monoisotopic (exact) mass is 477 g/mol. The molecular formula is C28H28ClNO4. The SMILES string of the molecule is CC1=C2[C@@H](CC/C(=C/c3ccc(O)cc3Cl)c3ccccc3)OC[C@@H]2[C@@H]2C(=O)N(C)C(=O)[C@@H]2C1. The zero-order chi connectivity index (χ0) is 24.0. The molecule has 2 aromatic carbocycles. The third-order valence-corrected chi connectivity index (χ3v) is 7.83. The Morgan fingerprint density at radius 2 is 1.91 bits per heavy atom. The van der Waals surface area contributed by atoms with E-state index in [1.807, 2.05) is 24.3 Å². The Hall–Kier alpha value is -2.89. The zero-order valence-corrected chi connectivity index (χ0v) is 20.1. The second-order valence-electron chi connectivity index (χ2n) is 9.52. The normalized spacial score (nSPS) is 26.8. The number of allylic oxidation sites excluding steroid dienone is 2. The van der Waals surface area contributed by atoms with Crippen LogP contribution in [0.3, 0.4) is 0 Å². The number of aromatic hydroxyl groups is 1. The first kappa shape index (κ1) is 22.9. The average molecular weight is 478 g/mol. The lowest BCUT2D eigenvalue weighted by Crippen LogP contribution is -2.33. The number of phenolic OH excluding ortho intramolecular Hbond substituents is 1. The van der Waals surface area contributed by atoms with Gasteiger partial charge in [0.1, 0.15) is 5.75 Å². The lowest BCUT2D eigenvalue weighted by Gasteiger charge is -2.30. The summed E-state index contributed by atoms with van der Waals surface area (Å²) in [6.45, 7) is 2.57. The maximum absolute atomic E-state index is 12.8. The minimum Gasteiger partial charge on any atom is -0.508 e. The first-order valence-corrected chi connectivity index (χ1v) is 12.1. The number of amides is 2. The summed E-state index contributed by atoms with van der Waals surface area (Å²) in [5, 5.41) is 10.2. The van der Waals surface area contributed by atoms with Crippen molar-refractivity contribution in [3.63, 3.8) is 0 Å². The Morgan fingerprint density at radius 1 is 1.15 bits per heavy atom. The number of likely N-dealkylation sites (tertiary alicyclic amines) is 1. The van der Waals surface area contributed by atoms with Crippen LogP contribution in [0.5, 0.6) is 5.75 Å². The molecule has 2 fully saturated rings. The van der Waals surface area contributed by atoms with E-state index in [-0.39, 0.29) is 41.4 Å². The molecule has 5 nitrogen and oxygen atoms in total. The molecule has 6 heteroatoms. The largest absolute Gasteiger partial charge is 0.508 e. The molecule has 3 aliphatic rings. The minimum atomic E-state index is -0.291. The lowest BCUT2D eigenvalue weighted by atomic mass is 9.70. The van der Waals surface area contributed by atoms with Gasteiger partial charge in [0.25, 0.3) is 0 Å². The van der Waals surface area contributed by atoms with E-state index in [1.165, 1.54) is 16.0 Å². The number of hydrogen-bond acceptors (Lipinski definition) is 4. The minimum absolute atomic E-state index is 0.0131. The number of benzene rings is 2. The number of fused-ring (bicyclic) bond motifs is 3. The van der Waals surface area contributed by atoms with Crippen LogP contribution < -0.4 is 0 Å². The summed E-state index contributed by atoms with van der Waals surface area (Å²) in [5.41, 5.74) is 5.48. The Kier molecular flexibility index (Phi) is 6.09. The molecule has 1 aliphatic carbocycles. The summed E-state index contributed by atoms with van der Waals surface area (Å²) in [5.74, 6) is -0.539. The quantitative estimate of drug-likeness (QED) is 0.359. The van der Waals surface area contributed by atoms with Crippen LogP contribution in [0.4, 0.5) is 0 Å². The summed E-state index contributed by atoms with van der Waals surface area (Å²) in [7, 11) is 1.59. The van der Waals surface area contributed by atoms with Crippen molar-refractivity contribution in [2.75, 3.05) is 13.7 Å². The average Bonchev–Trinajstić information content (AvgIpc) is 3.34. The number of carbonyl (C=O) groups excluding carboxylic acids is 2. The predicted molar refractivity (Wildman–Crippen MR) is 132 cm³/mol. The topological polar surface area (TPSA) is 66.8 Å². The molecule has 0 saturated carbocycles. The summed E-state index contributed by atoms with van der Waals surface area (Å²) in [6, 6.07) is 15.2. The first-order valence-electron chi connectivity index (χ1n) is 11.7. The van der Waals surface area contributed by atoms with Gasteiger partial charge in [-0.25, -0.2) is 0 Å². The van der Waals surface area contributed by atoms with Gasteiger partial charge in [-0.15, -0.1) is 0 Å². The number of imide groups is 1. The third-order valence-electron chi connectivity index (χ3n) is 7.51. The van der Waals surface area contributed by atoms with Gasteiger partial charge in [-0.05, 0) is 72.7 Å². The van der Waals surface area contributed by atoms with E-state index in [9.17, 15) is 14.7 Å². The standard InChI is InChI=1S/C28H28ClNO4/c1-16-12-21-26(28(33)30(2)27(21)32)22-15-34-24(25(16)22)11-9-18(17-6-4-3-5-7-17)13-19-8-10-20(31)14-23(19)29/h3-8,10,13-14,21-22,24,26,31H,9,11-12,15H2,1-2H3/b18-13-/t21-,22+,24-,26-/m1/s1. The molecule has 0 spiro atoms. The van der Waals surface area contributed by atoms with Crippen molar-refractivity contribution >= 4 is 35.1 Å². The summed E-state index contributed by atoms with van der Waals surface area (Å²) >= 11 is 6.39. The number of phenols is 1. The highest BCUT2D eigenvalue weighted by molar-refractivity contribution is 6.32. The Bertz CT molecular complexity index is 1200. The van der Waals surface area contributed by atoms with Crippen LogP contribution in [0.1, 0.15) is 37.3 Å². The van der Waals surface area contributed by atoms with Crippen molar-refractivity contribution < 1.29 is 19.4 Å². The number of carbonyl (C=O) groups is 2. The molecule has 2 amide bonds. The fourth-order valence-corrected chi connectivity index (χ4v) is 6.08. The highest BCUT2D eigenvalue weighted by atomic mass is 35.5. The van der Waals surface area contributed by atoms with E-state index < -0.39 is 0 Å². The Morgan fingerprint density at radius 3 is 2.65 bits per heavy atom. The fraction of sp³-hybridized carbons (Fsp3) is 0.357. The van der Waals surface area contributed by atoms with Gasteiger partial charge in [0, 0.05) is 13.0 Å². The third kappa shape index (κ3) is 3.97. The number of halogens is 1. The second-order valence-corrected chi connectivity index (χ2v) is 9.92. The number of ether oxygens (including phenoxy) is 1. The summed E-state index contributed by atoms with van der Waals surface area (Å²) in [4.78, 5) is 26.7. The molecule has 34 heavy (non-hydrogen) atoms. The molecular weight excluding hydrogens is 450 g/mol. The molecule has 2 aliphatic heterocycles. The molecule has 2 heterocycles. The Labute approximate surface area is 204 Å². The maximum atomic E-state index is 12.8. The molecule has 2 aromatic rings. The van der Waals surface area contributed by atoms with Gasteiger partial charge >= 0.3 is 0 Å². The number of nitrogens with zero attached hydrogens (tertiary/aromatic N) is 1. The van der Waals surface area contributed by atoms with Crippen LogP contribution in [0.25, 0.3) is 11.6 Å². The molecule has 0 unspecified atom stereocenters. The molecule has 4 atom stereocenters. The smallest absolute Gasteiger partial charge is 0.233 e. The maximum Gasteiger partial charge on any atom is 0.233 e. The van der Waals surface area contributed by atoms with Crippen molar-refractivity contribution in [3.05, 3.63) is 75.8 Å². The van der Waals surface area contributed by atoms with E-state index in [4.69, 9.17) is 16.3 Å². The molecule has 0 radical (unpaired) electrons. The molecule has 5 rings (SSSR count). The van der Waals surface area contributed by atoms with Gasteiger partial charge < -0.3 is 9.84 Å². The number of rotatable bonds is 5. The van der Waals surface area contributed by atoms with E-state index in [1.54, 1.807) is 19.2 Å². The van der Waals surface area contributed by atoms with Crippen LogP contribution in [-0.4, -0.2) is 41.6 Å². The van der Waals surface area contributed by atoms with E-state index >= 15 is 0 Å². The van der Waals surface area contributed by atoms with Crippen LogP contribution >= 0.6 is 11.6 Å². The Balaban J connectivity index is 1.41. The summed E-state index contributed by atoms with van der Waals surface area (Å²) < 4.78 is 6.25. The first-order chi connectivity index (χ1) is 16.3. The number of hydrogen-bond donors (Lipinski definition) is 1. The highest BCUT2D eigenvalue weighted by Gasteiger charge is 2.55. The van der Waals surface area contributed by atoms with Gasteiger partial charge in [-0.1, -0.05) is 47.5 Å². The highest BCUT2D eigenvalue weighted by Crippen LogP contribution is 2.49. The zero-order valence-electron chi connectivity index (χ0n) is 19.3. The van der Waals surface area contributed by atoms with Crippen molar-refractivity contribution in [2.24, 2.45) is 17.8 Å². The van der Waals surface area contributed by atoms with Gasteiger partial charge in [-0.3, -0.25) is 14.5 Å². The van der Waals surface area contributed by atoms with Crippen LogP contribution in [-0.2, 0) is 14.3 Å². The van der Waals surface area contributed by atoms with Gasteiger partial charge in [0.05, 0.1) is 29.6 Å². The van der Waals surface area contributed by atoms with Crippen LogP contribution in [0.2, 0.25) is 5.02 Å². The van der Waals surface area contributed by atoms with Gasteiger partial charge in [0.2, 0.25) is 11.8 Å². The van der Waals surface area contributed by atoms with Crippen molar-refractivity contribution in [2.45, 2.75) is 32.3 Å². The van der Waals surface area contributed by atoms with Crippen molar-refractivity contribution in [1.82, 2.24) is 4.90 Å². The van der Waals surface area contributed by atoms with Gasteiger partial charge in [0.15, 0.2) is 0 Å². The second kappa shape index (κ2) is 9.05.